The van der Waals surface area contributed by atoms with Gasteiger partial charge in [0.25, 0.3) is 5.91 Å². The first-order valence-electron chi connectivity index (χ1n) is 9.45. The molecule has 2 aromatic carbocycles. The molecule has 6 heteroatoms. The molecule has 0 fully saturated rings. The number of hydrogen-bond donors (Lipinski definition) is 1. The summed E-state index contributed by atoms with van der Waals surface area (Å²) in [5.41, 5.74) is 4.66. The number of carbonyl (C=O) groups excluding carboxylic acids is 1. The van der Waals surface area contributed by atoms with E-state index >= 15 is 0 Å². The van der Waals surface area contributed by atoms with Gasteiger partial charge in [-0.15, -0.1) is 0 Å². The zero-order valence-corrected chi connectivity index (χ0v) is 18.0. The van der Waals surface area contributed by atoms with Crippen LogP contribution in [0.2, 0.25) is 0 Å². The van der Waals surface area contributed by atoms with Crippen molar-refractivity contribution in [3.63, 3.8) is 0 Å². The van der Waals surface area contributed by atoms with Crippen LogP contribution in [0.5, 0.6) is 5.75 Å². The maximum absolute atomic E-state index is 11.9. The Morgan fingerprint density at radius 3 is 2.55 bits per heavy atom. The summed E-state index contributed by atoms with van der Waals surface area (Å²) in [6, 6.07) is 19.3. The Labute approximate surface area is 178 Å². The smallest absolute Gasteiger partial charge is 0.277 e. The first kappa shape index (κ1) is 20.9. The summed E-state index contributed by atoms with van der Waals surface area (Å²) in [5, 5.41) is 3.92. The molecule has 3 rings (SSSR count). The monoisotopic (exact) mass is 454 g/mol. The van der Waals surface area contributed by atoms with Crippen LogP contribution in [0, 0.1) is 0 Å². The summed E-state index contributed by atoms with van der Waals surface area (Å²) in [5.74, 6) is 2.10. The minimum Gasteiger partial charge on any atom is -0.484 e. The van der Waals surface area contributed by atoms with Gasteiger partial charge in [-0.25, -0.2) is 5.43 Å². The molecule has 1 N–H and O–H groups in total. The van der Waals surface area contributed by atoms with Gasteiger partial charge < -0.3 is 9.15 Å². The van der Waals surface area contributed by atoms with Crippen LogP contribution in [0.25, 0.3) is 11.3 Å². The molecule has 29 heavy (non-hydrogen) atoms. The normalized spacial score (nSPS) is 12.1. The maximum Gasteiger partial charge on any atom is 0.277 e. The lowest BCUT2D eigenvalue weighted by molar-refractivity contribution is -0.123. The van der Waals surface area contributed by atoms with Crippen LogP contribution in [0.3, 0.4) is 0 Å². The van der Waals surface area contributed by atoms with Crippen molar-refractivity contribution in [2.24, 2.45) is 5.10 Å². The van der Waals surface area contributed by atoms with Crippen LogP contribution in [0.4, 0.5) is 0 Å². The van der Waals surface area contributed by atoms with E-state index in [0.717, 1.165) is 22.2 Å². The summed E-state index contributed by atoms with van der Waals surface area (Å²) in [4.78, 5) is 11.9. The van der Waals surface area contributed by atoms with E-state index in [4.69, 9.17) is 9.15 Å². The second kappa shape index (κ2) is 10.1. The van der Waals surface area contributed by atoms with Crippen molar-refractivity contribution in [2.45, 2.75) is 26.2 Å². The lowest BCUT2D eigenvalue weighted by atomic mass is 9.99. The quantitative estimate of drug-likeness (QED) is 0.348. The Kier molecular flexibility index (Phi) is 7.25. The average molecular weight is 455 g/mol. The molecule has 5 nitrogen and oxygen atoms in total. The Bertz CT molecular complexity index is 963. The first-order chi connectivity index (χ1) is 14.0. The average Bonchev–Trinajstić information content (AvgIpc) is 3.21. The van der Waals surface area contributed by atoms with Crippen molar-refractivity contribution in [1.82, 2.24) is 5.43 Å². The summed E-state index contributed by atoms with van der Waals surface area (Å²) in [7, 11) is 0. The third-order valence-corrected chi connectivity index (χ3v) is 5.10. The molecular weight excluding hydrogens is 432 g/mol. The summed E-state index contributed by atoms with van der Waals surface area (Å²) >= 11 is 3.41. The molecule has 1 heterocycles. The van der Waals surface area contributed by atoms with Crippen molar-refractivity contribution in [2.75, 3.05) is 6.61 Å². The SMILES string of the molecule is CC[C@H](C)c1ccc(OCC(=O)N/N=C\c2ccc(-c3ccc(Br)cc3)o2)cc1. The highest BCUT2D eigenvalue weighted by Gasteiger charge is 2.06. The van der Waals surface area contributed by atoms with E-state index in [0.29, 0.717) is 17.4 Å². The van der Waals surface area contributed by atoms with Crippen LogP contribution < -0.4 is 10.2 Å². The van der Waals surface area contributed by atoms with Crippen molar-refractivity contribution in [3.8, 4) is 17.1 Å². The van der Waals surface area contributed by atoms with Crippen molar-refractivity contribution >= 4 is 28.1 Å². The number of nitrogens with zero attached hydrogens (tertiary/aromatic N) is 1. The summed E-state index contributed by atoms with van der Waals surface area (Å²) in [6.45, 7) is 4.23. The molecule has 0 aliphatic heterocycles. The molecular formula is C23H23BrN2O3. The van der Waals surface area contributed by atoms with Crippen LogP contribution in [0.1, 0.15) is 37.5 Å². The molecule has 1 atom stereocenters. The van der Waals surface area contributed by atoms with Crippen LogP contribution in [-0.4, -0.2) is 18.7 Å². The molecule has 1 aromatic heterocycles. The number of hydrogen-bond acceptors (Lipinski definition) is 4. The number of amides is 1. The zero-order valence-electron chi connectivity index (χ0n) is 16.4. The summed E-state index contributed by atoms with van der Waals surface area (Å²) in [6.07, 6.45) is 2.54. The fourth-order valence-corrected chi connectivity index (χ4v) is 2.93. The lowest BCUT2D eigenvalue weighted by Gasteiger charge is -2.10. The van der Waals surface area contributed by atoms with Gasteiger partial charge in [-0.05, 0) is 54.3 Å². The van der Waals surface area contributed by atoms with E-state index in [-0.39, 0.29) is 12.5 Å². The fraction of sp³-hybridized carbons (Fsp3) is 0.217. The third-order valence-electron chi connectivity index (χ3n) is 4.57. The highest BCUT2D eigenvalue weighted by Crippen LogP contribution is 2.23. The second-order valence-electron chi connectivity index (χ2n) is 6.67. The van der Waals surface area contributed by atoms with Crippen LogP contribution in [-0.2, 0) is 4.79 Å². The minimum absolute atomic E-state index is 0.109. The molecule has 0 unspecified atom stereocenters. The van der Waals surface area contributed by atoms with Gasteiger partial charge in [-0.3, -0.25) is 4.79 Å². The molecule has 0 spiro atoms. The molecule has 0 saturated carbocycles. The highest BCUT2D eigenvalue weighted by atomic mass is 79.9. The minimum atomic E-state index is -0.341. The van der Waals surface area contributed by atoms with Crippen molar-refractivity contribution in [1.29, 1.82) is 0 Å². The van der Waals surface area contributed by atoms with E-state index in [1.54, 1.807) is 6.07 Å². The van der Waals surface area contributed by atoms with Gasteiger partial charge in [0, 0.05) is 10.0 Å². The van der Waals surface area contributed by atoms with Gasteiger partial charge in [0.2, 0.25) is 0 Å². The zero-order chi connectivity index (χ0) is 20.6. The van der Waals surface area contributed by atoms with E-state index in [1.165, 1.54) is 11.8 Å². The number of nitrogens with one attached hydrogen (secondary N) is 1. The Balaban J connectivity index is 1.47. The molecule has 0 bridgehead atoms. The van der Waals surface area contributed by atoms with E-state index in [1.807, 2.05) is 54.6 Å². The van der Waals surface area contributed by atoms with Crippen LogP contribution >= 0.6 is 15.9 Å². The lowest BCUT2D eigenvalue weighted by Crippen LogP contribution is -2.24. The van der Waals surface area contributed by atoms with E-state index < -0.39 is 0 Å². The molecule has 150 valence electrons. The van der Waals surface area contributed by atoms with E-state index in [2.05, 4.69) is 40.3 Å². The fourth-order valence-electron chi connectivity index (χ4n) is 2.67. The number of furan rings is 1. The largest absolute Gasteiger partial charge is 0.484 e. The Hall–Kier alpha value is -2.86. The number of rotatable bonds is 8. The molecule has 1 amide bonds. The first-order valence-corrected chi connectivity index (χ1v) is 10.2. The predicted octanol–water partition coefficient (Wildman–Crippen LogP) is 5.75. The van der Waals surface area contributed by atoms with Gasteiger partial charge in [0.05, 0.1) is 6.21 Å². The molecule has 3 aromatic rings. The Morgan fingerprint density at radius 2 is 1.86 bits per heavy atom. The number of ether oxygens (including phenoxy) is 1. The van der Waals surface area contributed by atoms with Gasteiger partial charge in [-0.1, -0.05) is 54.0 Å². The standard InChI is InChI=1S/C23H23BrN2O3/c1-3-16(2)17-6-10-20(11-7-17)28-15-23(27)26-25-14-21-12-13-22(29-21)18-4-8-19(24)9-5-18/h4-14,16H,3,15H2,1-2H3,(H,26,27)/b25-14-/t16-/m0/s1. The number of halogens is 1. The molecule has 0 aliphatic carbocycles. The van der Waals surface area contributed by atoms with Crippen LogP contribution in [0.15, 0.2) is 74.7 Å². The third kappa shape index (κ3) is 6.06. The second-order valence-corrected chi connectivity index (χ2v) is 7.58. The predicted molar refractivity (Wildman–Crippen MR) is 118 cm³/mol. The highest BCUT2D eigenvalue weighted by molar-refractivity contribution is 9.10. The maximum atomic E-state index is 11.9. The van der Waals surface area contributed by atoms with Gasteiger partial charge >= 0.3 is 0 Å². The van der Waals surface area contributed by atoms with Gasteiger partial charge in [-0.2, -0.15) is 5.10 Å². The Morgan fingerprint density at radius 1 is 1.14 bits per heavy atom. The summed E-state index contributed by atoms with van der Waals surface area (Å²) < 4.78 is 12.2. The van der Waals surface area contributed by atoms with E-state index in [9.17, 15) is 4.79 Å². The molecule has 0 aliphatic rings. The topological polar surface area (TPSA) is 63.8 Å². The number of carbonyl (C=O) groups is 1. The van der Waals surface area contributed by atoms with Crippen molar-refractivity contribution in [3.05, 3.63) is 76.5 Å². The number of hydrazone groups is 1. The van der Waals surface area contributed by atoms with Gasteiger partial charge in [0.15, 0.2) is 6.61 Å². The molecule has 0 radical (unpaired) electrons. The number of benzene rings is 2. The molecule has 0 saturated heterocycles. The van der Waals surface area contributed by atoms with Crippen molar-refractivity contribution < 1.29 is 13.9 Å². The van der Waals surface area contributed by atoms with Gasteiger partial charge in [0.1, 0.15) is 17.3 Å².